The van der Waals surface area contributed by atoms with Crippen LogP contribution in [0.2, 0.25) is 0 Å². The molecule has 0 aliphatic carbocycles. The van der Waals surface area contributed by atoms with Crippen LogP contribution >= 0.6 is 11.3 Å². The van der Waals surface area contributed by atoms with Gasteiger partial charge in [0.05, 0.1) is 35.1 Å². The quantitative estimate of drug-likeness (QED) is 0.178. The zero-order valence-corrected chi connectivity index (χ0v) is 31.7. The van der Waals surface area contributed by atoms with E-state index in [1.807, 2.05) is 45.2 Å². The second kappa shape index (κ2) is 15.6. The van der Waals surface area contributed by atoms with Crippen molar-refractivity contribution in [2.24, 2.45) is 5.41 Å². The van der Waals surface area contributed by atoms with Gasteiger partial charge in [-0.25, -0.2) is 14.8 Å². The van der Waals surface area contributed by atoms with Gasteiger partial charge in [0.25, 0.3) is 0 Å². The number of thiophene rings is 1. The number of alkyl carbamates (subject to hydrolysis) is 1. The van der Waals surface area contributed by atoms with Crippen molar-refractivity contribution >= 4 is 56.1 Å². The van der Waals surface area contributed by atoms with Gasteiger partial charge in [0.1, 0.15) is 11.6 Å². The Bertz CT molecular complexity index is 1980. The lowest BCUT2D eigenvalue weighted by Crippen LogP contribution is -2.55. The number of hydrogen-bond acceptors (Lipinski definition) is 11. The largest absolute Gasteiger partial charge is 0.444 e. The first-order valence-corrected chi connectivity index (χ1v) is 18.7. The molecule has 0 bridgehead atoms. The summed E-state index contributed by atoms with van der Waals surface area (Å²) in [6.07, 6.45) is 1.32. The number of hydrogen-bond donors (Lipinski definition) is 2. The first-order chi connectivity index (χ1) is 24.7. The summed E-state index contributed by atoms with van der Waals surface area (Å²) in [5.41, 5.74) is 1.72. The molecule has 1 aromatic carbocycles. The molecule has 0 saturated carbocycles. The van der Waals surface area contributed by atoms with Crippen molar-refractivity contribution in [3.63, 3.8) is 0 Å². The van der Waals surface area contributed by atoms with E-state index in [-0.39, 0.29) is 29.9 Å². The van der Waals surface area contributed by atoms with E-state index in [0.717, 1.165) is 50.5 Å². The number of ketones is 1. The van der Waals surface area contributed by atoms with Crippen molar-refractivity contribution in [1.29, 1.82) is 0 Å². The third kappa shape index (κ3) is 9.44. The standard InChI is InChI=1S/C38H48N8O5S/c1-37(2,3)13-12-25(47)10-11-30(41-36(49)51-38(4,5)6)35(48)46-16-14-44(15-17-46)24-26-22-31-32(52-26)34(45-18-20-50-21-19-45)42-33(40-31)27-8-7-9-29-28(27)23-39-43-29/h7-9,22-23,30H,10-11,14-21,24H2,1-6H3,(H,39,43)(H,41,49). The van der Waals surface area contributed by atoms with Crippen LogP contribution in [0.15, 0.2) is 30.5 Å². The minimum atomic E-state index is -0.899. The second-order valence-electron chi connectivity index (χ2n) is 15.3. The van der Waals surface area contributed by atoms with Crippen LogP contribution in [-0.4, -0.2) is 112 Å². The lowest BCUT2D eigenvalue weighted by Gasteiger charge is -2.36. The molecule has 4 aromatic rings. The lowest BCUT2D eigenvalue weighted by atomic mass is 9.97. The van der Waals surface area contributed by atoms with Crippen molar-refractivity contribution in [2.75, 3.05) is 57.4 Å². The number of aromatic amines is 1. The molecule has 5 heterocycles. The van der Waals surface area contributed by atoms with Gasteiger partial charge in [-0.2, -0.15) is 5.10 Å². The average Bonchev–Trinajstić information content (AvgIpc) is 3.75. The molecule has 2 amide bonds. The van der Waals surface area contributed by atoms with Gasteiger partial charge in [0, 0.05) is 73.5 Å². The van der Waals surface area contributed by atoms with Crippen molar-refractivity contribution in [3.05, 3.63) is 35.3 Å². The number of amides is 2. The number of Topliss-reactive ketones (excluding diaryl/α,β-unsaturated/α-hetero) is 1. The summed E-state index contributed by atoms with van der Waals surface area (Å²) >= 11 is 1.71. The lowest BCUT2D eigenvalue weighted by molar-refractivity contribution is -0.135. The molecule has 14 heteroatoms. The molecule has 6 rings (SSSR count). The summed E-state index contributed by atoms with van der Waals surface area (Å²) in [5.74, 6) is 6.72. The normalized spacial score (nSPS) is 16.4. The predicted octanol–water partition coefficient (Wildman–Crippen LogP) is 5.01. The van der Waals surface area contributed by atoms with Gasteiger partial charge < -0.3 is 24.6 Å². The van der Waals surface area contributed by atoms with E-state index in [9.17, 15) is 14.4 Å². The fourth-order valence-electron chi connectivity index (χ4n) is 6.18. The minimum Gasteiger partial charge on any atom is -0.444 e. The molecule has 13 nitrogen and oxygen atoms in total. The molecule has 2 fully saturated rings. The third-order valence-electron chi connectivity index (χ3n) is 8.73. The number of piperazine rings is 1. The predicted molar refractivity (Wildman–Crippen MR) is 202 cm³/mol. The number of nitrogens with one attached hydrogen (secondary N) is 2. The molecule has 276 valence electrons. The van der Waals surface area contributed by atoms with E-state index < -0.39 is 17.7 Å². The van der Waals surface area contributed by atoms with E-state index in [1.54, 1.807) is 37.0 Å². The highest BCUT2D eigenvalue weighted by Crippen LogP contribution is 2.36. The Balaban J connectivity index is 1.15. The number of carbonyl (C=O) groups is 3. The molecule has 52 heavy (non-hydrogen) atoms. The highest BCUT2D eigenvalue weighted by atomic mass is 32.1. The zero-order chi connectivity index (χ0) is 37.0. The summed E-state index contributed by atoms with van der Waals surface area (Å²) in [7, 11) is 0. The third-order valence-corrected chi connectivity index (χ3v) is 9.84. The second-order valence-corrected chi connectivity index (χ2v) is 16.4. The molecule has 1 unspecified atom stereocenters. The molecule has 2 N–H and O–H groups in total. The Morgan fingerprint density at radius 3 is 2.50 bits per heavy atom. The van der Waals surface area contributed by atoms with E-state index in [2.05, 4.69) is 43.2 Å². The molecule has 1 atom stereocenters. The summed E-state index contributed by atoms with van der Waals surface area (Å²) in [6.45, 7) is 16.9. The fraction of sp³-hybridized carbons (Fsp3) is 0.526. The Kier molecular flexibility index (Phi) is 11.1. The first-order valence-electron chi connectivity index (χ1n) is 17.8. The monoisotopic (exact) mass is 728 g/mol. The molecule has 0 radical (unpaired) electrons. The van der Waals surface area contributed by atoms with Crippen LogP contribution in [0, 0.1) is 17.3 Å². The Morgan fingerprint density at radius 2 is 1.79 bits per heavy atom. The summed E-state index contributed by atoms with van der Waals surface area (Å²) < 4.78 is 12.1. The number of carbonyl (C=O) groups excluding carboxylic acids is 3. The summed E-state index contributed by atoms with van der Waals surface area (Å²) in [5, 5.41) is 11.0. The number of H-pyrrole nitrogens is 1. The number of ether oxygens (including phenoxy) is 2. The van der Waals surface area contributed by atoms with Gasteiger partial charge in [-0.05, 0) is 66.0 Å². The molecule has 0 spiro atoms. The number of rotatable bonds is 9. The number of benzene rings is 1. The van der Waals surface area contributed by atoms with Gasteiger partial charge in [-0.1, -0.05) is 18.1 Å². The Hall–Kier alpha value is -4.58. The maximum absolute atomic E-state index is 13.8. The fourth-order valence-corrected chi connectivity index (χ4v) is 7.34. The first kappa shape index (κ1) is 37.2. The smallest absolute Gasteiger partial charge is 0.408 e. The maximum Gasteiger partial charge on any atom is 0.408 e. The van der Waals surface area contributed by atoms with Gasteiger partial charge in [0.2, 0.25) is 11.7 Å². The molecular formula is C38H48N8O5S. The molecular weight excluding hydrogens is 681 g/mol. The van der Waals surface area contributed by atoms with Gasteiger partial charge >= 0.3 is 6.09 Å². The molecule has 2 saturated heterocycles. The number of fused-ring (bicyclic) bond motifs is 2. The van der Waals surface area contributed by atoms with Crippen molar-refractivity contribution in [1.82, 2.24) is 35.3 Å². The van der Waals surface area contributed by atoms with Crippen LogP contribution in [0.1, 0.15) is 59.3 Å². The number of aromatic nitrogens is 4. The maximum atomic E-state index is 13.8. The van der Waals surface area contributed by atoms with Crippen molar-refractivity contribution in [2.45, 2.75) is 72.6 Å². The Morgan fingerprint density at radius 1 is 1.04 bits per heavy atom. The Labute approximate surface area is 308 Å². The van der Waals surface area contributed by atoms with Crippen LogP contribution in [0.4, 0.5) is 10.6 Å². The summed E-state index contributed by atoms with van der Waals surface area (Å²) in [4.78, 5) is 56.7. The van der Waals surface area contributed by atoms with Gasteiger partial charge in [-0.15, -0.1) is 11.3 Å². The SMILES string of the molecule is CC(C)(C)C#CC(=O)CCC(NC(=O)OC(C)(C)C)C(=O)N1CCN(Cc2cc3nc(-c4cccc5[nH]ncc45)nc(N4CCOCC4)c3s2)CC1. The van der Waals surface area contributed by atoms with Crippen LogP contribution < -0.4 is 10.2 Å². The van der Waals surface area contributed by atoms with Gasteiger partial charge in [0.15, 0.2) is 11.6 Å². The average molecular weight is 729 g/mol. The van der Waals surface area contributed by atoms with E-state index in [0.29, 0.717) is 51.8 Å². The zero-order valence-electron chi connectivity index (χ0n) is 30.9. The van der Waals surface area contributed by atoms with Gasteiger partial charge in [-0.3, -0.25) is 19.6 Å². The summed E-state index contributed by atoms with van der Waals surface area (Å²) in [6, 6.07) is 7.26. The molecule has 3 aromatic heterocycles. The van der Waals surface area contributed by atoms with Crippen molar-refractivity contribution < 1.29 is 23.9 Å². The van der Waals surface area contributed by atoms with Crippen LogP contribution in [0.25, 0.3) is 32.5 Å². The topological polar surface area (TPSA) is 146 Å². The van der Waals surface area contributed by atoms with E-state index >= 15 is 0 Å². The van der Waals surface area contributed by atoms with Crippen LogP contribution in [-0.2, 0) is 25.6 Å². The minimum absolute atomic E-state index is 0.0511. The number of anilines is 1. The van der Waals surface area contributed by atoms with Crippen LogP contribution in [0.3, 0.4) is 0 Å². The highest BCUT2D eigenvalue weighted by molar-refractivity contribution is 7.19. The number of nitrogens with zero attached hydrogens (tertiary/aromatic N) is 6. The van der Waals surface area contributed by atoms with Crippen molar-refractivity contribution in [3.8, 4) is 23.2 Å². The number of morpholine rings is 1. The molecule has 2 aliphatic heterocycles. The van der Waals surface area contributed by atoms with E-state index in [1.165, 1.54) is 0 Å². The highest BCUT2D eigenvalue weighted by Gasteiger charge is 2.31. The van der Waals surface area contributed by atoms with Crippen LogP contribution in [0.5, 0.6) is 0 Å². The van der Waals surface area contributed by atoms with E-state index in [4.69, 9.17) is 19.4 Å². The molecule has 2 aliphatic rings.